The Morgan fingerprint density at radius 2 is 1.88 bits per heavy atom. The number of halogens is 3. The number of alkyl halides is 3. The second-order valence-corrected chi connectivity index (χ2v) is 6.16. The Hall–Kier alpha value is -2.25. The van der Waals surface area contributed by atoms with Crippen LogP contribution < -0.4 is 5.32 Å². The van der Waals surface area contributed by atoms with E-state index in [0.717, 1.165) is 16.5 Å². The van der Waals surface area contributed by atoms with Gasteiger partial charge in [0.25, 0.3) is 0 Å². The molecule has 0 saturated heterocycles. The van der Waals surface area contributed by atoms with E-state index < -0.39 is 11.7 Å². The molecule has 1 atom stereocenters. The van der Waals surface area contributed by atoms with Crippen LogP contribution in [0, 0.1) is 0 Å². The van der Waals surface area contributed by atoms with Crippen LogP contribution in [0.25, 0.3) is 0 Å². The lowest BCUT2D eigenvalue weighted by atomic mass is 9.98. The van der Waals surface area contributed by atoms with Crippen molar-refractivity contribution in [3.63, 3.8) is 0 Å². The van der Waals surface area contributed by atoms with Crippen LogP contribution in [0.4, 0.5) is 13.2 Å². The fourth-order valence-electron chi connectivity index (χ4n) is 2.40. The molecule has 0 radical (unpaired) electrons. The van der Waals surface area contributed by atoms with Gasteiger partial charge in [-0.15, -0.1) is 11.3 Å². The van der Waals surface area contributed by atoms with Crippen molar-refractivity contribution in [2.75, 3.05) is 0 Å². The monoisotopic (exact) mass is 349 g/mol. The van der Waals surface area contributed by atoms with Crippen LogP contribution in [0.3, 0.4) is 0 Å². The molecule has 124 valence electrons. The fraction of sp³-hybridized carbons (Fsp3) is 0.176. The topological polar surface area (TPSA) is 37.8 Å². The van der Waals surface area contributed by atoms with Gasteiger partial charge in [-0.3, -0.25) is 9.97 Å². The highest BCUT2D eigenvalue weighted by atomic mass is 32.1. The zero-order valence-electron chi connectivity index (χ0n) is 12.5. The largest absolute Gasteiger partial charge is 0.416 e. The van der Waals surface area contributed by atoms with Crippen molar-refractivity contribution < 1.29 is 13.2 Å². The van der Waals surface area contributed by atoms with Crippen LogP contribution in [0.15, 0.2) is 60.5 Å². The quantitative estimate of drug-likeness (QED) is 0.740. The standard InChI is InChI=1S/C17H14F3N3S/c18-17(19,20)14-5-1-3-12(7-14)16(13-4-2-6-21-8-13)23-10-15-9-22-11-24-15/h1-9,11,16,23H,10H2/t16-/m1/s1. The minimum atomic E-state index is -4.37. The molecule has 0 saturated carbocycles. The van der Waals surface area contributed by atoms with Crippen LogP contribution in [0.2, 0.25) is 0 Å². The lowest BCUT2D eigenvalue weighted by Crippen LogP contribution is -2.22. The molecule has 24 heavy (non-hydrogen) atoms. The van der Waals surface area contributed by atoms with Gasteiger partial charge in [-0.05, 0) is 29.3 Å². The smallest absolute Gasteiger partial charge is 0.301 e. The molecule has 0 aliphatic rings. The van der Waals surface area contributed by atoms with Gasteiger partial charge in [-0.25, -0.2) is 0 Å². The first-order valence-corrected chi connectivity index (χ1v) is 8.10. The molecular formula is C17H14F3N3S. The number of pyridine rings is 1. The highest BCUT2D eigenvalue weighted by molar-refractivity contribution is 7.09. The average molecular weight is 349 g/mol. The summed E-state index contributed by atoms with van der Waals surface area (Å²) in [6, 6.07) is 8.59. The Labute approximate surface area is 141 Å². The van der Waals surface area contributed by atoms with E-state index >= 15 is 0 Å². The van der Waals surface area contributed by atoms with Gasteiger partial charge in [0, 0.05) is 30.0 Å². The van der Waals surface area contributed by atoms with Crippen molar-refractivity contribution in [3.05, 3.63) is 82.1 Å². The maximum absolute atomic E-state index is 13.0. The van der Waals surface area contributed by atoms with Crippen LogP contribution >= 0.6 is 11.3 Å². The van der Waals surface area contributed by atoms with Gasteiger partial charge in [0.05, 0.1) is 17.1 Å². The zero-order chi connectivity index (χ0) is 17.0. The number of rotatable bonds is 5. The lowest BCUT2D eigenvalue weighted by Gasteiger charge is -2.20. The van der Waals surface area contributed by atoms with E-state index in [9.17, 15) is 13.2 Å². The Bertz CT molecular complexity index is 773. The van der Waals surface area contributed by atoms with Crippen LogP contribution in [0.1, 0.15) is 27.6 Å². The van der Waals surface area contributed by atoms with E-state index in [4.69, 9.17) is 0 Å². The number of thiazole rings is 1. The van der Waals surface area contributed by atoms with Crippen LogP contribution in [0.5, 0.6) is 0 Å². The second kappa shape index (κ2) is 7.11. The van der Waals surface area contributed by atoms with E-state index in [-0.39, 0.29) is 6.04 Å². The Kier molecular flexibility index (Phi) is 4.92. The van der Waals surface area contributed by atoms with Gasteiger partial charge in [-0.2, -0.15) is 13.2 Å². The first kappa shape index (κ1) is 16.6. The lowest BCUT2D eigenvalue weighted by molar-refractivity contribution is -0.137. The first-order chi connectivity index (χ1) is 11.5. The van der Waals surface area contributed by atoms with Gasteiger partial charge < -0.3 is 5.32 Å². The fourth-order valence-corrected chi connectivity index (χ4v) is 2.95. The zero-order valence-corrected chi connectivity index (χ0v) is 13.3. The summed E-state index contributed by atoms with van der Waals surface area (Å²) in [7, 11) is 0. The van der Waals surface area contributed by atoms with Gasteiger partial charge in [0.2, 0.25) is 0 Å². The van der Waals surface area contributed by atoms with Crippen LogP contribution in [-0.4, -0.2) is 9.97 Å². The molecule has 1 N–H and O–H groups in total. The summed E-state index contributed by atoms with van der Waals surface area (Å²) in [4.78, 5) is 9.09. The molecule has 7 heteroatoms. The van der Waals surface area contributed by atoms with E-state index in [1.807, 2.05) is 6.07 Å². The third-order valence-corrected chi connectivity index (χ3v) is 4.31. The van der Waals surface area contributed by atoms with Crippen molar-refractivity contribution in [2.24, 2.45) is 0 Å². The van der Waals surface area contributed by atoms with Gasteiger partial charge in [0.15, 0.2) is 0 Å². The van der Waals surface area contributed by atoms with Crippen LogP contribution in [-0.2, 0) is 12.7 Å². The highest BCUT2D eigenvalue weighted by Crippen LogP contribution is 2.32. The van der Waals surface area contributed by atoms with E-state index in [1.54, 1.807) is 36.2 Å². The predicted octanol–water partition coefficient (Wildman–Crippen LogP) is 4.44. The van der Waals surface area contributed by atoms with Gasteiger partial charge in [-0.1, -0.05) is 18.2 Å². The predicted molar refractivity (Wildman–Crippen MR) is 86.5 cm³/mol. The Morgan fingerprint density at radius 3 is 2.54 bits per heavy atom. The number of benzene rings is 1. The number of aromatic nitrogens is 2. The number of nitrogens with one attached hydrogen (secondary N) is 1. The number of hydrogen-bond donors (Lipinski definition) is 1. The highest BCUT2D eigenvalue weighted by Gasteiger charge is 2.31. The van der Waals surface area contributed by atoms with Crippen molar-refractivity contribution in [2.45, 2.75) is 18.8 Å². The summed E-state index contributed by atoms with van der Waals surface area (Å²) in [6.45, 7) is 0.514. The molecule has 3 aromatic rings. The maximum Gasteiger partial charge on any atom is 0.416 e. The second-order valence-electron chi connectivity index (χ2n) is 5.19. The summed E-state index contributed by atoms with van der Waals surface area (Å²) in [5.74, 6) is 0. The molecule has 0 bridgehead atoms. The summed E-state index contributed by atoms with van der Waals surface area (Å²) in [5.41, 5.74) is 2.41. The third-order valence-electron chi connectivity index (χ3n) is 3.53. The van der Waals surface area contributed by atoms with Crippen molar-refractivity contribution in [1.29, 1.82) is 0 Å². The molecule has 2 heterocycles. The minimum Gasteiger partial charge on any atom is -0.301 e. The Morgan fingerprint density at radius 1 is 1.04 bits per heavy atom. The molecule has 0 fully saturated rings. The molecule has 3 rings (SSSR count). The molecule has 0 aliphatic heterocycles. The molecule has 1 aromatic carbocycles. The minimum absolute atomic E-state index is 0.386. The van der Waals surface area contributed by atoms with E-state index in [2.05, 4.69) is 15.3 Å². The molecule has 0 spiro atoms. The SMILES string of the molecule is FC(F)(F)c1cccc([C@@H](NCc2cncs2)c2cccnc2)c1. The molecule has 0 aliphatic carbocycles. The van der Waals surface area contributed by atoms with Crippen molar-refractivity contribution >= 4 is 11.3 Å². The molecule has 0 unspecified atom stereocenters. The first-order valence-electron chi connectivity index (χ1n) is 7.22. The number of hydrogen-bond acceptors (Lipinski definition) is 4. The molecule has 2 aromatic heterocycles. The van der Waals surface area contributed by atoms with Gasteiger partial charge >= 0.3 is 6.18 Å². The van der Waals surface area contributed by atoms with E-state index in [0.29, 0.717) is 12.1 Å². The normalized spacial score (nSPS) is 13.0. The summed E-state index contributed by atoms with van der Waals surface area (Å²) in [6.07, 6.45) is 0.664. The summed E-state index contributed by atoms with van der Waals surface area (Å²) in [5, 5.41) is 3.30. The summed E-state index contributed by atoms with van der Waals surface area (Å²) >= 11 is 1.49. The van der Waals surface area contributed by atoms with Crippen molar-refractivity contribution in [1.82, 2.24) is 15.3 Å². The maximum atomic E-state index is 13.0. The summed E-state index contributed by atoms with van der Waals surface area (Å²) < 4.78 is 39.0. The average Bonchev–Trinajstić information content (AvgIpc) is 3.09. The number of nitrogens with zero attached hydrogens (tertiary/aromatic N) is 2. The Balaban J connectivity index is 1.92. The molecular weight excluding hydrogens is 335 g/mol. The van der Waals surface area contributed by atoms with Crippen molar-refractivity contribution in [3.8, 4) is 0 Å². The molecule has 0 amide bonds. The molecule has 3 nitrogen and oxygen atoms in total. The third kappa shape index (κ3) is 3.98. The van der Waals surface area contributed by atoms with E-state index in [1.165, 1.54) is 23.5 Å². The van der Waals surface area contributed by atoms with Gasteiger partial charge in [0.1, 0.15) is 0 Å².